The van der Waals surface area contributed by atoms with E-state index in [0.717, 1.165) is 13.1 Å². The van der Waals surface area contributed by atoms with Crippen molar-refractivity contribution in [3.05, 3.63) is 0 Å². The molecule has 5 heteroatoms. The minimum Gasteiger partial charge on any atom is -0.386 e. The number of likely N-dealkylation sites (N-methyl/N-ethyl adjacent to an activating group) is 1. The molecule has 0 bridgehead atoms. The molecular formula is C11H22N2O3. The van der Waals surface area contributed by atoms with Crippen molar-refractivity contribution in [2.75, 3.05) is 39.4 Å². The van der Waals surface area contributed by atoms with E-state index in [9.17, 15) is 9.90 Å². The number of hydrogen-bond acceptors (Lipinski definition) is 4. The monoisotopic (exact) mass is 230 g/mol. The molecule has 1 heterocycles. The summed E-state index contributed by atoms with van der Waals surface area (Å²) in [5, 5.41) is 12.9. The van der Waals surface area contributed by atoms with E-state index in [1.54, 1.807) is 4.90 Å². The molecule has 2 N–H and O–H groups in total. The van der Waals surface area contributed by atoms with Gasteiger partial charge in [0.1, 0.15) is 5.60 Å². The summed E-state index contributed by atoms with van der Waals surface area (Å²) in [4.78, 5) is 13.4. The van der Waals surface area contributed by atoms with Crippen LogP contribution in [-0.4, -0.2) is 60.9 Å². The zero-order valence-corrected chi connectivity index (χ0v) is 10.2. The lowest BCUT2D eigenvalue weighted by atomic mass is 10.0. The van der Waals surface area contributed by atoms with Crippen LogP contribution < -0.4 is 5.32 Å². The third kappa shape index (κ3) is 3.73. The molecule has 1 atom stereocenters. The summed E-state index contributed by atoms with van der Waals surface area (Å²) in [6.45, 7) is 7.03. The minimum atomic E-state index is -0.788. The number of carbonyl (C=O) groups excluding carboxylic acids is 1. The predicted octanol–water partition coefficient (Wildman–Crippen LogP) is -0.404. The lowest BCUT2D eigenvalue weighted by Crippen LogP contribution is -2.45. The number of rotatable bonds is 6. The summed E-state index contributed by atoms with van der Waals surface area (Å²) in [6.07, 6.45) is 0.638. The third-order valence-corrected chi connectivity index (χ3v) is 2.93. The molecule has 1 amide bonds. The van der Waals surface area contributed by atoms with Gasteiger partial charge in [0.15, 0.2) is 0 Å². The number of hydrogen-bond donors (Lipinski definition) is 2. The first-order chi connectivity index (χ1) is 7.61. The molecule has 1 saturated heterocycles. The Bertz CT molecular complexity index is 223. The molecule has 1 aliphatic heterocycles. The molecule has 0 aromatic carbocycles. The SMILES string of the molecule is CCN(CC)C(=O)CNCC1(O)CCOC1. The summed E-state index contributed by atoms with van der Waals surface area (Å²) in [5.41, 5.74) is -0.788. The second-order valence-electron chi connectivity index (χ2n) is 4.20. The Balaban J connectivity index is 2.21. The standard InChI is InChI=1S/C11H22N2O3/c1-3-13(4-2)10(14)7-12-8-11(15)5-6-16-9-11/h12,15H,3-9H2,1-2H3. The Hall–Kier alpha value is -0.650. The Kier molecular flexibility index (Phi) is 5.18. The third-order valence-electron chi connectivity index (χ3n) is 2.93. The summed E-state index contributed by atoms with van der Waals surface area (Å²) < 4.78 is 5.12. The van der Waals surface area contributed by atoms with Crippen LogP contribution >= 0.6 is 0 Å². The first-order valence-electron chi connectivity index (χ1n) is 5.90. The number of nitrogens with zero attached hydrogens (tertiary/aromatic N) is 1. The Morgan fingerprint density at radius 1 is 1.50 bits per heavy atom. The Labute approximate surface area is 96.8 Å². The van der Waals surface area contributed by atoms with Gasteiger partial charge < -0.3 is 20.1 Å². The Morgan fingerprint density at radius 2 is 2.19 bits per heavy atom. The van der Waals surface area contributed by atoms with E-state index in [4.69, 9.17) is 4.74 Å². The molecular weight excluding hydrogens is 208 g/mol. The van der Waals surface area contributed by atoms with Gasteiger partial charge in [-0.1, -0.05) is 0 Å². The van der Waals surface area contributed by atoms with Crippen molar-refractivity contribution in [1.29, 1.82) is 0 Å². The van der Waals surface area contributed by atoms with Crippen LogP contribution in [0.4, 0.5) is 0 Å². The van der Waals surface area contributed by atoms with Crippen LogP contribution in [0.15, 0.2) is 0 Å². The average molecular weight is 230 g/mol. The number of amides is 1. The van der Waals surface area contributed by atoms with Crippen molar-refractivity contribution in [2.24, 2.45) is 0 Å². The van der Waals surface area contributed by atoms with Crippen LogP contribution in [0, 0.1) is 0 Å². The molecule has 0 radical (unpaired) electrons. The van der Waals surface area contributed by atoms with E-state index in [-0.39, 0.29) is 12.5 Å². The van der Waals surface area contributed by atoms with Gasteiger partial charge in [0, 0.05) is 32.7 Å². The number of carbonyl (C=O) groups is 1. The fourth-order valence-corrected chi connectivity index (χ4v) is 1.83. The van der Waals surface area contributed by atoms with Gasteiger partial charge in [0.25, 0.3) is 0 Å². The van der Waals surface area contributed by atoms with Crippen molar-refractivity contribution in [3.8, 4) is 0 Å². The second kappa shape index (κ2) is 6.18. The number of aliphatic hydroxyl groups is 1. The number of ether oxygens (including phenoxy) is 1. The number of nitrogens with one attached hydrogen (secondary N) is 1. The van der Waals surface area contributed by atoms with Gasteiger partial charge in [-0.2, -0.15) is 0 Å². The molecule has 1 aliphatic rings. The highest BCUT2D eigenvalue weighted by atomic mass is 16.5. The lowest BCUT2D eigenvalue weighted by Gasteiger charge is -2.23. The van der Waals surface area contributed by atoms with E-state index in [2.05, 4.69) is 5.32 Å². The van der Waals surface area contributed by atoms with Crippen molar-refractivity contribution >= 4 is 5.91 Å². The van der Waals surface area contributed by atoms with Crippen LogP contribution in [0.1, 0.15) is 20.3 Å². The zero-order chi connectivity index (χ0) is 12.0. The summed E-state index contributed by atoms with van der Waals surface area (Å²) in [6, 6.07) is 0. The minimum absolute atomic E-state index is 0.0764. The largest absolute Gasteiger partial charge is 0.386 e. The van der Waals surface area contributed by atoms with E-state index in [1.165, 1.54) is 0 Å². The van der Waals surface area contributed by atoms with E-state index >= 15 is 0 Å². The van der Waals surface area contributed by atoms with Crippen molar-refractivity contribution in [1.82, 2.24) is 10.2 Å². The van der Waals surface area contributed by atoms with Crippen LogP contribution in [-0.2, 0) is 9.53 Å². The average Bonchev–Trinajstić information content (AvgIpc) is 2.67. The molecule has 0 spiro atoms. The maximum absolute atomic E-state index is 11.6. The lowest BCUT2D eigenvalue weighted by molar-refractivity contribution is -0.130. The fraction of sp³-hybridized carbons (Fsp3) is 0.909. The highest BCUT2D eigenvalue weighted by Gasteiger charge is 2.31. The van der Waals surface area contributed by atoms with E-state index < -0.39 is 5.60 Å². The highest BCUT2D eigenvalue weighted by molar-refractivity contribution is 5.78. The van der Waals surface area contributed by atoms with Crippen LogP contribution in [0.3, 0.4) is 0 Å². The van der Waals surface area contributed by atoms with Gasteiger partial charge in [-0.25, -0.2) is 0 Å². The van der Waals surface area contributed by atoms with Crippen molar-refractivity contribution in [3.63, 3.8) is 0 Å². The maximum atomic E-state index is 11.6. The van der Waals surface area contributed by atoms with Crippen LogP contribution in [0.2, 0.25) is 0 Å². The molecule has 94 valence electrons. The predicted molar refractivity (Wildman–Crippen MR) is 61.2 cm³/mol. The van der Waals surface area contributed by atoms with Crippen molar-refractivity contribution in [2.45, 2.75) is 25.9 Å². The van der Waals surface area contributed by atoms with Gasteiger partial charge in [0.05, 0.1) is 13.2 Å². The molecule has 0 saturated carbocycles. The van der Waals surface area contributed by atoms with Gasteiger partial charge >= 0.3 is 0 Å². The van der Waals surface area contributed by atoms with Gasteiger partial charge in [-0.15, -0.1) is 0 Å². The molecule has 1 rings (SSSR count). The summed E-state index contributed by atoms with van der Waals surface area (Å²) in [5.74, 6) is 0.0764. The van der Waals surface area contributed by atoms with Crippen LogP contribution in [0.5, 0.6) is 0 Å². The first-order valence-corrected chi connectivity index (χ1v) is 5.90. The first kappa shape index (κ1) is 13.4. The molecule has 0 aliphatic carbocycles. The van der Waals surface area contributed by atoms with Gasteiger partial charge in [-0.3, -0.25) is 4.79 Å². The molecule has 16 heavy (non-hydrogen) atoms. The molecule has 5 nitrogen and oxygen atoms in total. The Morgan fingerprint density at radius 3 is 2.69 bits per heavy atom. The summed E-state index contributed by atoms with van der Waals surface area (Å²) >= 11 is 0. The van der Waals surface area contributed by atoms with Crippen molar-refractivity contribution < 1.29 is 14.6 Å². The quantitative estimate of drug-likeness (QED) is 0.651. The van der Waals surface area contributed by atoms with Gasteiger partial charge in [-0.05, 0) is 13.8 Å². The van der Waals surface area contributed by atoms with E-state index in [1.807, 2.05) is 13.8 Å². The molecule has 1 fully saturated rings. The van der Waals surface area contributed by atoms with Gasteiger partial charge in [0.2, 0.25) is 5.91 Å². The molecule has 1 unspecified atom stereocenters. The maximum Gasteiger partial charge on any atom is 0.236 e. The second-order valence-corrected chi connectivity index (χ2v) is 4.20. The molecule has 0 aromatic rings. The molecule has 0 aromatic heterocycles. The summed E-state index contributed by atoms with van der Waals surface area (Å²) in [7, 11) is 0. The fourth-order valence-electron chi connectivity index (χ4n) is 1.83. The normalized spacial score (nSPS) is 24.7. The topological polar surface area (TPSA) is 61.8 Å². The smallest absolute Gasteiger partial charge is 0.236 e. The van der Waals surface area contributed by atoms with Crippen LogP contribution in [0.25, 0.3) is 0 Å². The highest BCUT2D eigenvalue weighted by Crippen LogP contribution is 2.16. The van der Waals surface area contributed by atoms with E-state index in [0.29, 0.717) is 26.2 Å². The zero-order valence-electron chi connectivity index (χ0n) is 10.2.